The topological polar surface area (TPSA) is 60.9 Å². The lowest BCUT2D eigenvalue weighted by Gasteiger charge is -2.36. The summed E-state index contributed by atoms with van der Waals surface area (Å²) in [5.74, 6) is -0.261. The molecule has 2 fully saturated rings. The van der Waals surface area contributed by atoms with E-state index in [1.165, 1.54) is 4.90 Å². The van der Waals surface area contributed by atoms with Crippen molar-refractivity contribution >= 4 is 35.0 Å². The Morgan fingerprint density at radius 2 is 1.41 bits per heavy atom. The average molecular weight is 412 g/mol. The van der Waals surface area contributed by atoms with E-state index in [4.69, 9.17) is 11.6 Å². The fraction of sp³-hybridized carbons (Fsp3) is 0.318. The van der Waals surface area contributed by atoms with Crippen LogP contribution in [-0.2, 0) is 16.1 Å². The molecule has 2 aromatic carbocycles. The number of rotatable bonds is 4. The smallest absolute Gasteiger partial charge is 0.253 e. The van der Waals surface area contributed by atoms with Crippen LogP contribution in [0.15, 0.2) is 48.5 Å². The maximum atomic E-state index is 12.8. The van der Waals surface area contributed by atoms with Gasteiger partial charge in [-0.1, -0.05) is 23.7 Å². The maximum Gasteiger partial charge on any atom is 0.253 e. The van der Waals surface area contributed by atoms with Crippen molar-refractivity contribution in [3.05, 3.63) is 64.7 Å². The van der Waals surface area contributed by atoms with Gasteiger partial charge in [-0.25, -0.2) is 0 Å². The highest BCUT2D eigenvalue weighted by molar-refractivity contribution is 6.30. The third-order valence-electron chi connectivity index (χ3n) is 5.46. The Labute approximate surface area is 174 Å². The molecule has 3 amide bonds. The first kappa shape index (κ1) is 19.5. The minimum absolute atomic E-state index is 0.000585. The van der Waals surface area contributed by atoms with Crippen molar-refractivity contribution in [1.82, 2.24) is 9.80 Å². The standard InChI is InChI=1S/C22H22ClN3O3/c23-18-5-7-19(8-6-18)24-11-13-25(14-12-24)22(29)17-3-1-16(2-4-17)15-26-20(27)9-10-21(26)28/h1-8H,9-15H2. The molecule has 0 unspecified atom stereocenters. The van der Waals surface area contributed by atoms with Crippen LogP contribution < -0.4 is 4.90 Å². The van der Waals surface area contributed by atoms with E-state index in [1.54, 1.807) is 12.1 Å². The van der Waals surface area contributed by atoms with E-state index in [2.05, 4.69) is 4.90 Å². The average Bonchev–Trinajstić information content (AvgIpc) is 3.06. The molecular weight excluding hydrogens is 390 g/mol. The summed E-state index contributed by atoms with van der Waals surface area (Å²) in [5, 5.41) is 0.712. The number of likely N-dealkylation sites (tertiary alicyclic amines) is 1. The van der Waals surface area contributed by atoms with Crippen LogP contribution in [0.25, 0.3) is 0 Å². The molecule has 0 bridgehead atoms. The van der Waals surface area contributed by atoms with Crippen molar-refractivity contribution in [3.8, 4) is 0 Å². The second-order valence-electron chi connectivity index (χ2n) is 7.33. The molecule has 4 rings (SSSR count). The first-order valence-corrected chi connectivity index (χ1v) is 10.1. The number of carbonyl (C=O) groups is 3. The minimum atomic E-state index is -0.131. The highest BCUT2D eigenvalue weighted by Gasteiger charge is 2.29. The molecule has 0 saturated carbocycles. The minimum Gasteiger partial charge on any atom is -0.368 e. The van der Waals surface area contributed by atoms with Crippen LogP contribution in [-0.4, -0.2) is 53.7 Å². The van der Waals surface area contributed by atoms with Crippen molar-refractivity contribution in [2.45, 2.75) is 19.4 Å². The molecule has 7 heteroatoms. The Morgan fingerprint density at radius 1 is 0.828 bits per heavy atom. The number of amides is 3. The largest absolute Gasteiger partial charge is 0.368 e. The van der Waals surface area contributed by atoms with E-state index in [0.29, 0.717) is 23.7 Å². The summed E-state index contributed by atoms with van der Waals surface area (Å²) < 4.78 is 0. The summed E-state index contributed by atoms with van der Waals surface area (Å²) in [7, 11) is 0. The molecule has 0 aromatic heterocycles. The van der Waals surface area contributed by atoms with Crippen molar-refractivity contribution in [2.24, 2.45) is 0 Å². The van der Waals surface area contributed by atoms with E-state index < -0.39 is 0 Å². The van der Waals surface area contributed by atoms with Crippen LogP contribution in [0.4, 0.5) is 5.69 Å². The van der Waals surface area contributed by atoms with Crippen molar-refractivity contribution in [3.63, 3.8) is 0 Å². The molecular formula is C22H22ClN3O3. The molecule has 29 heavy (non-hydrogen) atoms. The summed E-state index contributed by atoms with van der Waals surface area (Å²) in [6, 6.07) is 14.9. The van der Waals surface area contributed by atoms with Gasteiger partial charge in [0, 0.05) is 55.3 Å². The molecule has 2 heterocycles. The quantitative estimate of drug-likeness (QED) is 0.726. The van der Waals surface area contributed by atoms with Gasteiger partial charge in [-0.15, -0.1) is 0 Å². The lowest BCUT2D eigenvalue weighted by atomic mass is 10.1. The number of hydrogen-bond acceptors (Lipinski definition) is 4. The van der Waals surface area contributed by atoms with E-state index in [0.717, 1.165) is 24.3 Å². The zero-order valence-corrected chi connectivity index (χ0v) is 16.8. The number of halogens is 1. The van der Waals surface area contributed by atoms with Crippen molar-refractivity contribution < 1.29 is 14.4 Å². The molecule has 6 nitrogen and oxygen atoms in total. The lowest BCUT2D eigenvalue weighted by Crippen LogP contribution is -2.48. The number of carbonyl (C=O) groups excluding carboxylic acids is 3. The second kappa shape index (κ2) is 8.25. The Balaban J connectivity index is 1.34. The highest BCUT2D eigenvalue weighted by Crippen LogP contribution is 2.21. The Hall–Kier alpha value is -2.86. The van der Waals surface area contributed by atoms with Crippen molar-refractivity contribution in [2.75, 3.05) is 31.1 Å². The molecule has 0 atom stereocenters. The van der Waals surface area contributed by atoms with Crippen molar-refractivity contribution in [1.29, 1.82) is 0 Å². The predicted molar refractivity (Wildman–Crippen MR) is 111 cm³/mol. The van der Waals surface area contributed by atoms with Gasteiger partial charge in [0.05, 0.1) is 6.54 Å². The molecule has 0 N–H and O–H groups in total. The van der Waals surface area contributed by atoms with Crippen LogP contribution in [0, 0.1) is 0 Å². The summed E-state index contributed by atoms with van der Waals surface area (Å²) in [6.45, 7) is 3.11. The fourth-order valence-corrected chi connectivity index (χ4v) is 3.86. The van der Waals surface area contributed by atoms with Gasteiger partial charge in [0.2, 0.25) is 11.8 Å². The predicted octanol–water partition coefficient (Wildman–Crippen LogP) is 2.95. The molecule has 150 valence electrons. The van der Waals surface area contributed by atoms with Gasteiger partial charge in [0.15, 0.2) is 0 Å². The van der Waals surface area contributed by atoms with Gasteiger partial charge in [-0.3, -0.25) is 19.3 Å². The molecule has 2 aliphatic heterocycles. The van der Waals surface area contributed by atoms with Gasteiger partial charge < -0.3 is 9.80 Å². The first-order chi connectivity index (χ1) is 14.0. The Morgan fingerprint density at radius 3 is 2.00 bits per heavy atom. The van der Waals surface area contributed by atoms with E-state index in [1.807, 2.05) is 41.3 Å². The van der Waals surface area contributed by atoms with Gasteiger partial charge in [0.1, 0.15) is 0 Å². The third kappa shape index (κ3) is 4.27. The Kier molecular flexibility index (Phi) is 5.53. The summed E-state index contributed by atoms with van der Waals surface area (Å²) >= 11 is 5.95. The SMILES string of the molecule is O=C(c1ccc(CN2C(=O)CCC2=O)cc1)N1CCN(c2ccc(Cl)cc2)CC1. The zero-order valence-electron chi connectivity index (χ0n) is 16.0. The fourth-order valence-electron chi connectivity index (χ4n) is 3.74. The monoisotopic (exact) mass is 411 g/mol. The second-order valence-corrected chi connectivity index (χ2v) is 7.76. The van der Waals surface area contributed by atoms with Gasteiger partial charge in [0.25, 0.3) is 5.91 Å². The zero-order chi connectivity index (χ0) is 20.4. The third-order valence-corrected chi connectivity index (χ3v) is 5.71. The van der Waals surface area contributed by atoms with Crippen LogP contribution >= 0.6 is 11.6 Å². The lowest BCUT2D eigenvalue weighted by molar-refractivity contribution is -0.139. The summed E-state index contributed by atoms with van der Waals surface area (Å²) in [5.41, 5.74) is 2.57. The van der Waals surface area contributed by atoms with Crippen LogP contribution in [0.1, 0.15) is 28.8 Å². The number of hydrogen-bond donors (Lipinski definition) is 0. The van der Waals surface area contributed by atoms with Crippen LogP contribution in [0.2, 0.25) is 5.02 Å². The number of anilines is 1. The molecule has 0 aliphatic carbocycles. The molecule has 2 saturated heterocycles. The first-order valence-electron chi connectivity index (χ1n) is 9.73. The number of piperazine rings is 1. The molecule has 2 aliphatic rings. The van der Waals surface area contributed by atoms with Gasteiger partial charge in [-0.2, -0.15) is 0 Å². The van der Waals surface area contributed by atoms with Crippen LogP contribution in [0.5, 0.6) is 0 Å². The molecule has 0 spiro atoms. The van der Waals surface area contributed by atoms with E-state index in [9.17, 15) is 14.4 Å². The maximum absolute atomic E-state index is 12.8. The van der Waals surface area contributed by atoms with Gasteiger partial charge in [-0.05, 0) is 42.0 Å². The van der Waals surface area contributed by atoms with E-state index in [-0.39, 0.29) is 37.1 Å². The molecule has 0 radical (unpaired) electrons. The highest BCUT2D eigenvalue weighted by atomic mass is 35.5. The number of imide groups is 1. The van der Waals surface area contributed by atoms with Crippen LogP contribution in [0.3, 0.4) is 0 Å². The summed E-state index contributed by atoms with van der Waals surface area (Å²) in [6.07, 6.45) is 0.578. The number of benzene rings is 2. The molecule has 2 aromatic rings. The number of nitrogens with zero attached hydrogens (tertiary/aromatic N) is 3. The Bertz CT molecular complexity index is 903. The van der Waals surface area contributed by atoms with Gasteiger partial charge >= 0.3 is 0 Å². The normalized spacial score (nSPS) is 17.2. The van der Waals surface area contributed by atoms with E-state index >= 15 is 0 Å². The summed E-state index contributed by atoms with van der Waals surface area (Å²) in [4.78, 5) is 41.7.